The van der Waals surface area contributed by atoms with Gasteiger partial charge in [-0.3, -0.25) is 9.69 Å². The van der Waals surface area contributed by atoms with Crippen molar-refractivity contribution < 1.29 is 9.53 Å². The van der Waals surface area contributed by atoms with Crippen LogP contribution in [0.1, 0.15) is 24.0 Å². The molecule has 1 saturated heterocycles. The summed E-state index contributed by atoms with van der Waals surface area (Å²) in [5, 5.41) is 3.07. The number of ether oxygens (including phenoxy) is 1. The van der Waals surface area contributed by atoms with Gasteiger partial charge in [0.15, 0.2) is 0 Å². The van der Waals surface area contributed by atoms with E-state index < -0.39 is 0 Å². The largest absolute Gasteiger partial charge is 0.493 e. The monoisotopic (exact) mass is 393 g/mol. The molecule has 2 aliphatic rings. The molecule has 4 rings (SSSR count). The van der Waals surface area contributed by atoms with E-state index in [-0.39, 0.29) is 5.91 Å². The van der Waals surface area contributed by atoms with E-state index in [1.807, 2.05) is 12.1 Å². The first-order valence-corrected chi connectivity index (χ1v) is 10.8. The van der Waals surface area contributed by atoms with Gasteiger partial charge in [0.05, 0.1) is 13.0 Å². The molecule has 0 aromatic heterocycles. The van der Waals surface area contributed by atoms with Crippen molar-refractivity contribution in [2.24, 2.45) is 0 Å². The number of unbranched alkanes of at least 4 members (excludes halogenated alkanes) is 1. The van der Waals surface area contributed by atoms with Crippen molar-refractivity contribution in [3.05, 3.63) is 59.7 Å². The number of anilines is 1. The molecule has 0 spiro atoms. The highest BCUT2D eigenvalue weighted by atomic mass is 16.5. The van der Waals surface area contributed by atoms with Crippen LogP contribution in [0, 0.1) is 0 Å². The Morgan fingerprint density at radius 1 is 1.00 bits per heavy atom. The van der Waals surface area contributed by atoms with Crippen LogP contribution in [-0.4, -0.2) is 56.7 Å². The van der Waals surface area contributed by atoms with Gasteiger partial charge in [-0.15, -0.1) is 0 Å². The third kappa shape index (κ3) is 5.51. The van der Waals surface area contributed by atoms with E-state index in [2.05, 4.69) is 51.5 Å². The molecule has 5 nitrogen and oxygen atoms in total. The van der Waals surface area contributed by atoms with Crippen molar-refractivity contribution in [1.29, 1.82) is 0 Å². The summed E-state index contributed by atoms with van der Waals surface area (Å²) in [6.45, 7) is 7.04. The van der Waals surface area contributed by atoms with Crippen molar-refractivity contribution >= 4 is 11.6 Å². The maximum Gasteiger partial charge on any atom is 0.224 e. The summed E-state index contributed by atoms with van der Waals surface area (Å²) < 4.78 is 5.52. The van der Waals surface area contributed by atoms with Crippen LogP contribution in [0.5, 0.6) is 5.75 Å². The molecule has 2 heterocycles. The van der Waals surface area contributed by atoms with Crippen LogP contribution in [-0.2, 0) is 17.6 Å². The fraction of sp³-hybridized carbons (Fsp3) is 0.458. The standard InChI is InChI=1S/C24H31N3O2/c28-24(19-20-8-9-23-21(18-20)10-17-29-23)25-11-4-5-12-26-13-15-27(16-14-26)22-6-2-1-3-7-22/h1-3,6-9,18H,4-5,10-17,19H2,(H,25,28). The van der Waals surface area contributed by atoms with Crippen molar-refractivity contribution in [2.75, 3.05) is 50.8 Å². The van der Waals surface area contributed by atoms with Crippen LogP contribution >= 0.6 is 0 Å². The van der Waals surface area contributed by atoms with Crippen LogP contribution in [0.15, 0.2) is 48.5 Å². The molecular weight excluding hydrogens is 362 g/mol. The second kappa shape index (κ2) is 9.79. The Bertz CT molecular complexity index is 801. The van der Waals surface area contributed by atoms with Gasteiger partial charge in [-0.2, -0.15) is 0 Å². The zero-order valence-electron chi connectivity index (χ0n) is 17.1. The molecule has 0 radical (unpaired) electrons. The SMILES string of the molecule is O=C(Cc1ccc2c(c1)CCO2)NCCCCN1CCN(c2ccccc2)CC1. The first kappa shape index (κ1) is 19.8. The lowest BCUT2D eigenvalue weighted by atomic mass is 10.1. The maximum absolute atomic E-state index is 12.2. The minimum absolute atomic E-state index is 0.111. The third-order valence-corrected chi connectivity index (χ3v) is 5.84. The molecule has 5 heteroatoms. The lowest BCUT2D eigenvalue weighted by molar-refractivity contribution is -0.120. The van der Waals surface area contributed by atoms with E-state index >= 15 is 0 Å². The number of amides is 1. The Labute approximate surface area is 173 Å². The molecule has 2 aromatic carbocycles. The summed E-state index contributed by atoms with van der Waals surface area (Å²) >= 11 is 0. The number of carbonyl (C=O) groups is 1. The van der Waals surface area contributed by atoms with Crippen LogP contribution in [0.2, 0.25) is 0 Å². The van der Waals surface area contributed by atoms with E-state index in [0.717, 1.165) is 76.5 Å². The molecule has 0 unspecified atom stereocenters. The Morgan fingerprint density at radius 2 is 1.83 bits per heavy atom. The predicted octanol–water partition coefficient (Wildman–Crippen LogP) is 2.88. The summed E-state index contributed by atoms with van der Waals surface area (Å²) in [4.78, 5) is 17.2. The van der Waals surface area contributed by atoms with Gasteiger partial charge in [0.25, 0.3) is 0 Å². The zero-order chi connectivity index (χ0) is 19.9. The van der Waals surface area contributed by atoms with E-state index in [1.165, 1.54) is 11.3 Å². The third-order valence-electron chi connectivity index (χ3n) is 5.84. The normalized spacial score (nSPS) is 16.3. The summed E-state index contributed by atoms with van der Waals surface area (Å²) in [6.07, 6.45) is 3.56. The lowest BCUT2D eigenvalue weighted by Crippen LogP contribution is -2.46. The zero-order valence-corrected chi connectivity index (χ0v) is 17.1. The highest BCUT2D eigenvalue weighted by molar-refractivity contribution is 5.78. The van der Waals surface area contributed by atoms with Crippen molar-refractivity contribution in [1.82, 2.24) is 10.2 Å². The Kier molecular flexibility index (Phi) is 6.67. The molecule has 29 heavy (non-hydrogen) atoms. The number of nitrogens with one attached hydrogen (secondary N) is 1. The molecule has 1 fully saturated rings. The second-order valence-corrected chi connectivity index (χ2v) is 7.94. The maximum atomic E-state index is 12.2. The number of carbonyl (C=O) groups excluding carboxylic acids is 1. The van der Waals surface area contributed by atoms with Crippen LogP contribution < -0.4 is 15.0 Å². The van der Waals surface area contributed by atoms with Crippen LogP contribution in [0.25, 0.3) is 0 Å². The van der Waals surface area contributed by atoms with E-state index in [0.29, 0.717) is 6.42 Å². The Balaban J connectivity index is 1.08. The van der Waals surface area contributed by atoms with Gasteiger partial charge in [-0.25, -0.2) is 0 Å². The summed E-state index contributed by atoms with van der Waals surface area (Å²) in [5.74, 6) is 1.08. The van der Waals surface area contributed by atoms with Crippen molar-refractivity contribution in [2.45, 2.75) is 25.7 Å². The minimum atomic E-state index is 0.111. The van der Waals surface area contributed by atoms with E-state index in [1.54, 1.807) is 0 Å². The number of benzene rings is 2. The first-order valence-electron chi connectivity index (χ1n) is 10.8. The number of fused-ring (bicyclic) bond motifs is 1. The fourth-order valence-electron chi connectivity index (χ4n) is 4.15. The Hall–Kier alpha value is -2.53. The van der Waals surface area contributed by atoms with Gasteiger partial charge in [-0.1, -0.05) is 30.3 Å². The van der Waals surface area contributed by atoms with Crippen LogP contribution in [0.3, 0.4) is 0 Å². The highest BCUT2D eigenvalue weighted by Gasteiger charge is 2.16. The molecule has 0 bridgehead atoms. The molecule has 154 valence electrons. The molecule has 1 N–H and O–H groups in total. The van der Waals surface area contributed by atoms with Gasteiger partial charge in [0, 0.05) is 44.8 Å². The molecule has 0 saturated carbocycles. The number of hydrogen-bond acceptors (Lipinski definition) is 4. The number of piperazine rings is 1. The predicted molar refractivity (Wildman–Crippen MR) is 117 cm³/mol. The molecule has 2 aromatic rings. The average molecular weight is 394 g/mol. The van der Waals surface area contributed by atoms with Crippen LogP contribution in [0.4, 0.5) is 5.69 Å². The van der Waals surface area contributed by atoms with E-state index in [9.17, 15) is 4.79 Å². The van der Waals surface area contributed by atoms with Gasteiger partial charge in [0.1, 0.15) is 5.75 Å². The van der Waals surface area contributed by atoms with E-state index in [4.69, 9.17) is 4.74 Å². The number of nitrogens with zero attached hydrogens (tertiary/aromatic N) is 2. The first-order chi connectivity index (χ1) is 14.3. The quantitative estimate of drug-likeness (QED) is 0.701. The highest BCUT2D eigenvalue weighted by Crippen LogP contribution is 2.26. The summed E-state index contributed by atoms with van der Waals surface area (Å²) in [6, 6.07) is 16.8. The second-order valence-electron chi connectivity index (χ2n) is 7.94. The summed E-state index contributed by atoms with van der Waals surface area (Å²) in [5.41, 5.74) is 3.62. The average Bonchev–Trinajstić information content (AvgIpc) is 3.22. The van der Waals surface area contributed by atoms with Crippen molar-refractivity contribution in [3.8, 4) is 5.75 Å². The molecule has 2 aliphatic heterocycles. The van der Waals surface area contributed by atoms with Gasteiger partial charge in [0.2, 0.25) is 5.91 Å². The number of para-hydroxylation sites is 1. The fourth-order valence-corrected chi connectivity index (χ4v) is 4.15. The number of rotatable bonds is 8. The topological polar surface area (TPSA) is 44.8 Å². The smallest absolute Gasteiger partial charge is 0.224 e. The van der Waals surface area contributed by atoms with Gasteiger partial charge >= 0.3 is 0 Å². The Morgan fingerprint density at radius 3 is 2.66 bits per heavy atom. The van der Waals surface area contributed by atoms with Gasteiger partial charge < -0.3 is 15.0 Å². The molecule has 0 aliphatic carbocycles. The van der Waals surface area contributed by atoms with Gasteiger partial charge in [-0.05, 0) is 48.7 Å². The lowest BCUT2D eigenvalue weighted by Gasteiger charge is -2.36. The minimum Gasteiger partial charge on any atom is -0.493 e. The summed E-state index contributed by atoms with van der Waals surface area (Å²) in [7, 11) is 0. The number of hydrogen-bond donors (Lipinski definition) is 1. The van der Waals surface area contributed by atoms with Crippen molar-refractivity contribution in [3.63, 3.8) is 0 Å². The molecular formula is C24H31N3O2. The molecule has 1 amide bonds. The molecule has 0 atom stereocenters.